The topological polar surface area (TPSA) is 82.5 Å². The highest BCUT2D eigenvalue weighted by molar-refractivity contribution is 7.89. The van der Waals surface area contributed by atoms with Gasteiger partial charge in [-0.15, -0.1) is 0 Å². The summed E-state index contributed by atoms with van der Waals surface area (Å²) in [5.41, 5.74) is 0.741. The number of rotatable bonds is 8. The van der Waals surface area contributed by atoms with Crippen LogP contribution in [0.2, 0.25) is 5.02 Å². The standard InChI is InChI=1S/C14H18ClN3O4S/c1-21-6-5-18-10-16-8-11(18)9-17-23(19,20)12-3-4-14(22-2)13(15)7-12/h3-4,7-8,10,17H,5-6,9H2,1-2H3. The van der Waals surface area contributed by atoms with Gasteiger partial charge >= 0.3 is 0 Å². The molecule has 0 spiro atoms. The smallest absolute Gasteiger partial charge is 0.240 e. The van der Waals surface area contributed by atoms with E-state index < -0.39 is 10.0 Å². The normalized spacial score (nSPS) is 11.6. The number of sulfonamides is 1. The molecule has 0 bridgehead atoms. The Labute approximate surface area is 140 Å². The summed E-state index contributed by atoms with van der Waals surface area (Å²) in [6.45, 7) is 1.24. The van der Waals surface area contributed by atoms with Crippen LogP contribution in [0.4, 0.5) is 0 Å². The number of imidazole rings is 1. The SMILES string of the molecule is COCCn1cncc1CNS(=O)(=O)c1ccc(OC)c(Cl)c1. The van der Waals surface area contributed by atoms with E-state index in [1.165, 1.54) is 25.3 Å². The minimum atomic E-state index is -3.68. The first kappa shape index (κ1) is 17.7. The third-order valence-electron chi connectivity index (χ3n) is 3.21. The molecule has 9 heteroatoms. The van der Waals surface area contributed by atoms with Crippen LogP contribution in [-0.2, 0) is 27.8 Å². The fourth-order valence-electron chi connectivity index (χ4n) is 1.95. The van der Waals surface area contributed by atoms with Crippen molar-refractivity contribution in [3.05, 3.63) is 41.4 Å². The van der Waals surface area contributed by atoms with Crippen LogP contribution < -0.4 is 9.46 Å². The predicted octanol–water partition coefficient (Wildman–Crippen LogP) is 1.67. The van der Waals surface area contributed by atoms with E-state index in [9.17, 15) is 8.42 Å². The van der Waals surface area contributed by atoms with Gasteiger partial charge in [0, 0.05) is 19.9 Å². The van der Waals surface area contributed by atoms with Gasteiger partial charge in [0.25, 0.3) is 0 Å². The molecule has 1 heterocycles. The average molecular weight is 360 g/mol. The summed E-state index contributed by atoms with van der Waals surface area (Å²) in [6.07, 6.45) is 3.24. The Bertz CT molecular complexity index is 761. The van der Waals surface area contributed by atoms with Gasteiger partial charge in [-0.2, -0.15) is 0 Å². The molecule has 0 saturated heterocycles. The van der Waals surface area contributed by atoms with Gasteiger partial charge in [-0.3, -0.25) is 0 Å². The van der Waals surface area contributed by atoms with E-state index in [-0.39, 0.29) is 16.5 Å². The molecule has 0 fully saturated rings. The molecule has 0 amide bonds. The molecule has 0 aliphatic heterocycles. The van der Waals surface area contributed by atoms with Crippen molar-refractivity contribution in [2.24, 2.45) is 0 Å². The molecule has 1 N–H and O–H groups in total. The Morgan fingerprint density at radius 1 is 1.35 bits per heavy atom. The lowest BCUT2D eigenvalue weighted by molar-refractivity contribution is 0.186. The summed E-state index contributed by atoms with van der Waals surface area (Å²) < 4.78 is 39.1. The molecule has 1 aromatic heterocycles. The highest BCUT2D eigenvalue weighted by Crippen LogP contribution is 2.26. The lowest BCUT2D eigenvalue weighted by Crippen LogP contribution is -2.24. The first-order chi connectivity index (χ1) is 11.0. The van der Waals surface area contributed by atoms with Crippen molar-refractivity contribution in [3.63, 3.8) is 0 Å². The predicted molar refractivity (Wildman–Crippen MR) is 86.1 cm³/mol. The second kappa shape index (κ2) is 7.78. The summed E-state index contributed by atoms with van der Waals surface area (Å²) in [7, 11) is -0.613. The first-order valence-corrected chi connectivity index (χ1v) is 8.65. The molecule has 23 heavy (non-hydrogen) atoms. The molecule has 0 unspecified atom stereocenters. The number of ether oxygens (including phenoxy) is 2. The van der Waals surface area contributed by atoms with Gasteiger partial charge < -0.3 is 14.0 Å². The van der Waals surface area contributed by atoms with Crippen molar-refractivity contribution < 1.29 is 17.9 Å². The summed E-state index contributed by atoms with van der Waals surface area (Å²) in [6, 6.07) is 4.31. The summed E-state index contributed by atoms with van der Waals surface area (Å²) in [5, 5.41) is 0.237. The Morgan fingerprint density at radius 3 is 2.78 bits per heavy atom. The van der Waals surface area contributed by atoms with Crippen LogP contribution in [0.25, 0.3) is 0 Å². The number of nitrogens with one attached hydrogen (secondary N) is 1. The average Bonchev–Trinajstić information content (AvgIpc) is 2.98. The largest absolute Gasteiger partial charge is 0.495 e. The molecule has 2 rings (SSSR count). The van der Waals surface area contributed by atoms with Crippen molar-refractivity contribution in [2.75, 3.05) is 20.8 Å². The molecule has 0 atom stereocenters. The van der Waals surface area contributed by atoms with Crippen molar-refractivity contribution in [1.29, 1.82) is 0 Å². The van der Waals surface area contributed by atoms with Crippen LogP contribution in [0, 0.1) is 0 Å². The Morgan fingerprint density at radius 2 is 2.13 bits per heavy atom. The molecule has 126 valence electrons. The summed E-state index contributed by atoms with van der Waals surface area (Å²) >= 11 is 5.97. The van der Waals surface area contributed by atoms with Crippen LogP contribution in [0.1, 0.15) is 5.69 Å². The van der Waals surface area contributed by atoms with Crippen LogP contribution in [0.15, 0.2) is 35.6 Å². The van der Waals surface area contributed by atoms with Gasteiger partial charge in [-0.25, -0.2) is 18.1 Å². The molecule has 1 aromatic carbocycles. The molecule has 2 aromatic rings. The monoisotopic (exact) mass is 359 g/mol. The van der Waals surface area contributed by atoms with Gasteiger partial charge in [-0.05, 0) is 18.2 Å². The molecule has 7 nitrogen and oxygen atoms in total. The zero-order chi connectivity index (χ0) is 16.9. The van der Waals surface area contributed by atoms with E-state index in [1.807, 2.05) is 4.57 Å². The van der Waals surface area contributed by atoms with E-state index in [0.29, 0.717) is 18.9 Å². The second-order valence-electron chi connectivity index (χ2n) is 4.69. The van der Waals surface area contributed by atoms with Gasteiger partial charge in [0.15, 0.2) is 0 Å². The number of aromatic nitrogens is 2. The maximum absolute atomic E-state index is 12.3. The van der Waals surface area contributed by atoms with Crippen molar-refractivity contribution in [1.82, 2.24) is 14.3 Å². The highest BCUT2D eigenvalue weighted by atomic mass is 35.5. The Hall–Kier alpha value is -1.61. The maximum Gasteiger partial charge on any atom is 0.240 e. The molecule has 0 aliphatic rings. The molecule has 0 radical (unpaired) electrons. The highest BCUT2D eigenvalue weighted by Gasteiger charge is 2.16. The first-order valence-electron chi connectivity index (χ1n) is 6.79. The zero-order valence-corrected chi connectivity index (χ0v) is 14.4. The van der Waals surface area contributed by atoms with Crippen molar-refractivity contribution in [3.8, 4) is 5.75 Å². The Kier molecular flexibility index (Phi) is 6.00. The zero-order valence-electron chi connectivity index (χ0n) is 12.8. The van der Waals surface area contributed by atoms with Crippen LogP contribution >= 0.6 is 11.6 Å². The molecule has 0 saturated carbocycles. The van der Waals surface area contributed by atoms with Gasteiger partial charge in [0.1, 0.15) is 5.75 Å². The fourth-order valence-corrected chi connectivity index (χ4v) is 3.30. The van der Waals surface area contributed by atoms with E-state index in [4.69, 9.17) is 21.1 Å². The van der Waals surface area contributed by atoms with E-state index in [0.717, 1.165) is 5.69 Å². The molecular formula is C14H18ClN3O4S. The molecule has 0 aliphatic carbocycles. The van der Waals surface area contributed by atoms with E-state index in [2.05, 4.69) is 9.71 Å². The maximum atomic E-state index is 12.3. The quantitative estimate of drug-likeness (QED) is 0.775. The van der Waals surface area contributed by atoms with Crippen LogP contribution in [-0.4, -0.2) is 38.8 Å². The third-order valence-corrected chi connectivity index (χ3v) is 4.91. The molecular weight excluding hydrogens is 342 g/mol. The number of benzene rings is 1. The number of halogens is 1. The fraction of sp³-hybridized carbons (Fsp3) is 0.357. The van der Waals surface area contributed by atoms with Crippen molar-refractivity contribution >= 4 is 21.6 Å². The van der Waals surface area contributed by atoms with E-state index in [1.54, 1.807) is 19.6 Å². The minimum Gasteiger partial charge on any atom is -0.495 e. The van der Waals surface area contributed by atoms with Gasteiger partial charge in [-0.1, -0.05) is 11.6 Å². The van der Waals surface area contributed by atoms with Gasteiger partial charge in [0.2, 0.25) is 10.0 Å². The lowest BCUT2D eigenvalue weighted by Gasteiger charge is -2.10. The summed E-state index contributed by atoms with van der Waals surface area (Å²) in [5.74, 6) is 0.420. The third kappa shape index (κ3) is 4.44. The van der Waals surface area contributed by atoms with Crippen LogP contribution in [0.5, 0.6) is 5.75 Å². The van der Waals surface area contributed by atoms with Gasteiger partial charge in [0.05, 0.1) is 42.2 Å². The number of nitrogens with zero attached hydrogens (tertiary/aromatic N) is 2. The minimum absolute atomic E-state index is 0.0752. The Balaban J connectivity index is 2.10. The number of hydrogen-bond acceptors (Lipinski definition) is 5. The van der Waals surface area contributed by atoms with Crippen molar-refractivity contribution in [2.45, 2.75) is 18.0 Å². The summed E-state index contributed by atoms with van der Waals surface area (Å²) in [4.78, 5) is 4.10. The van der Waals surface area contributed by atoms with E-state index >= 15 is 0 Å². The second-order valence-corrected chi connectivity index (χ2v) is 6.87. The van der Waals surface area contributed by atoms with Crippen LogP contribution in [0.3, 0.4) is 0 Å². The number of hydrogen-bond donors (Lipinski definition) is 1. The lowest BCUT2D eigenvalue weighted by atomic mass is 10.3. The number of methoxy groups -OCH3 is 2.